The fourth-order valence-corrected chi connectivity index (χ4v) is 3.67. The molecule has 1 aliphatic rings. The van der Waals surface area contributed by atoms with Crippen LogP contribution in [-0.4, -0.2) is 62.4 Å². The molecular weight excluding hydrogens is 420 g/mol. The number of pyridine rings is 1. The standard InChI is InChI=1S/C20H15ClN8O2/c21-17-4-3-16-18(24-17)25-20(31-16)29-7-5-28(6-8-29)19(30)12-1-2-14(13(9-12)10-22)15-11-23-27-26-15/h1-4,9,11H,5-8H2,(H,23,26,27). The molecule has 1 aromatic carbocycles. The van der Waals surface area contributed by atoms with Crippen LogP contribution in [0.3, 0.4) is 0 Å². The van der Waals surface area contributed by atoms with E-state index in [1.165, 1.54) is 6.20 Å². The summed E-state index contributed by atoms with van der Waals surface area (Å²) in [7, 11) is 0. The number of rotatable bonds is 3. The number of piperazine rings is 1. The van der Waals surface area contributed by atoms with Crippen molar-refractivity contribution in [2.24, 2.45) is 0 Å². The highest BCUT2D eigenvalue weighted by Gasteiger charge is 2.25. The van der Waals surface area contributed by atoms with Gasteiger partial charge in [-0.05, 0) is 24.3 Å². The summed E-state index contributed by atoms with van der Waals surface area (Å²) < 4.78 is 5.76. The van der Waals surface area contributed by atoms with Crippen LogP contribution in [0, 0.1) is 11.3 Å². The normalized spacial score (nSPS) is 14.1. The minimum atomic E-state index is -0.131. The van der Waals surface area contributed by atoms with Crippen LogP contribution in [0.4, 0.5) is 6.01 Å². The quantitative estimate of drug-likeness (QED) is 0.487. The number of carbonyl (C=O) groups is 1. The van der Waals surface area contributed by atoms with Crippen LogP contribution >= 0.6 is 11.6 Å². The zero-order valence-electron chi connectivity index (χ0n) is 16.1. The Kier molecular flexibility index (Phi) is 4.72. The number of oxazole rings is 1. The number of nitriles is 1. The molecule has 3 aromatic heterocycles. The summed E-state index contributed by atoms with van der Waals surface area (Å²) in [4.78, 5) is 25.2. The molecule has 154 valence electrons. The van der Waals surface area contributed by atoms with Gasteiger partial charge in [0.25, 0.3) is 11.9 Å². The molecule has 4 aromatic rings. The van der Waals surface area contributed by atoms with Gasteiger partial charge in [-0.15, -0.1) is 0 Å². The van der Waals surface area contributed by atoms with Crippen molar-refractivity contribution in [3.05, 3.63) is 52.8 Å². The Morgan fingerprint density at radius 3 is 2.74 bits per heavy atom. The fourth-order valence-electron chi connectivity index (χ4n) is 3.53. The Labute approximate surface area is 181 Å². The van der Waals surface area contributed by atoms with E-state index >= 15 is 0 Å². The molecule has 31 heavy (non-hydrogen) atoms. The third-order valence-electron chi connectivity index (χ3n) is 5.12. The maximum Gasteiger partial charge on any atom is 0.300 e. The summed E-state index contributed by atoms with van der Waals surface area (Å²) in [5.41, 5.74) is 3.03. The van der Waals surface area contributed by atoms with Crippen LogP contribution in [0.5, 0.6) is 0 Å². The van der Waals surface area contributed by atoms with Gasteiger partial charge in [0.05, 0.1) is 17.8 Å². The van der Waals surface area contributed by atoms with Gasteiger partial charge >= 0.3 is 0 Å². The molecule has 1 aliphatic heterocycles. The first kappa shape index (κ1) is 19.0. The molecule has 1 N–H and O–H groups in total. The summed E-state index contributed by atoms with van der Waals surface area (Å²) in [6.45, 7) is 2.13. The largest absolute Gasteiger partial charge is 0.422 e. The summed E-state index contributed by atoms with van der Waals surface area (Å²) >= 11 is 5.91. The van der Waals surface area contributed by atoms with E-state index < -0.39 is 0 Å². The van der Waals surface area contributed by atoms with Crippen molar-refractivity contribution >= 4 is 34.8 Å². The van der Waals surface area contributed by atoms with Crippen molar-refractivity contribution in [3.63, 3.8) is 0 Å². The Morgan fingerprint density at radius 1 is 1.16 bits per heavy atom. The maximum absolute atomic E-state index is 13.0. The molecule has 1 saturated heterocycles. The van der Waals surface area contributed by atoms with Crippen LogP contribution in [0.1, 0.15) is 15.9 Å². The predicted octanol–water partition coefficient (Wildman–Crippen LogP) is 2.50. The number of aromatic nitrogens is 5. The van der Waals surface area contributed by atoms with Gasteiger partial charge in [-0.3, -0.25) is 4.79 Å². The molecular formula is C20H15ClN8O2. The molecule has 11 heteroatoms. The smallest absolute Gasteiger partial charge is 0.300 e. The number of carbonyl (C=O) groups excluding carboxylic acids is 1. The number of nitrogens with one attached hydrogen (secondary N) is 1. The number of benzene rings is 1. The van der Waals surface area contributed by atoms with Crippen molar-refractivity contribution in [3.8, 4) is 17.3 Å². The summed E-state index contributed by atoms with van der Waals surface area (Å²) in [6, 6.07) is 11.0. The Hall–Kier alpha value is -3.97. The van der Waals surface area contributed by atoms with E-state index in [0.29, 0.717) is 71.0 Å². The number of halogens is 1. The number of amides is 1. The van der Waals surface area contributed by atoms with Crippen molar-refractivity contribution < 1.29 is 9.21 Å². The van der Waals surface area contributed by atoms with Crippen LogP contribution < -0.4 is 4.90 Å². The number of aromatic amines is 1. The molecule has 0 unspecified atom stereocenters. The van der Waals surface area contributed by atoms with Crippen LogP contribution in [0.2, 0.25) is 5.15 Å². The molecule has 0 atom stereocenters. The lowest BCUT2D eigenvalue weighted by Crippen LogP contribution is -2.48. The van der Waals surface area contributed by atoms with E-state index in [4.69, 9.17) is 16.0 Å². The Bertz CT molecular complexity index is 1300. The number of anilines is 1. The summed E-state index contributed by atoms with van der Waals surface area (Å²) in [5.74, 6) is -0.131. The number of H-pyrrole nitrogens is 1. The van der Waals surface area contributed by atoms with Gasteiger partial charge in [0.15, 0.2) is 5.58 Å². The van der Waals surface area contributed by atoms with Crippen LogP contribution in [0.25, 0.3) is 22.5 Å². The fraction of sp³-hybridized carbons (Fsp3) is 0.200. The second-order valence-electron chi connectivity index (χ2n) is 6.96. The number of hydrogen-bond donors (Lipinski definition) is 1. The van der Waals surface area contributed by atoms with Gasteiger partial charge < -0.3 is 14.2 Å². The first-order chi connectivity index (χ1) is 15.1. The van der Waals surface area contributed by atoms with Gasteiger partial charge in [-0.25, -0.2) is 4.98 Å². The SMILES string of the molecule is N#Cc1cc(C(=O)N2CCN(c3nc4nc(Cl)ccc4o3)CC2)ccc1-c1cn[nH]n1. The van der Waals surface area contributed by atoms with Gasteiger partial charge in [0.1, 0.15) is 10.8 Å². The van der Waals surface area contributed by atoms with Crippen LogP contribution in [0.15, 0.2) is 40.9 Å². The lowest BCUT2D eigenvalue weighted by molar-refractivity contribution is 0.0745. The monoisotopic (exact) mass is 434 g/mol. The zero-order valence-corrected chi connectivity index (χ0v) is 16.9. The molecule has 0 bridgehead atoms. The highest BCUT2D eigenvalue weighted by molar-refractivity contribution is 6.29. The third kappa shape index (κ3) is 3.55. The van der Waals surface area contributed by atoms with Crippen LogP contribution in [-0.2, 0) is 0 Å². The molecule has 1 fully saturated rings. The zero-order chi connectivity index (χ0) is 21.4. The molecule has 4 heterocycles. The second-order valence-corrected chi connectivity index (χ2v) is 7.35. The van der Waals surface area contributed by atoms with E-state index in [9.17, 15) is 10.1 Å². The van der Waals surface area contributed by atoms with Crippen molar-refractivity contribution in [1.82, 2.24) is 30.3 Å². The van der Waals surface area contributed by atoms with E-state index in [2.05, 4.69) is 31.4 Å². The van der Waals surface area contributed by atoms with E-state index in [-0.39, 0.29) is 5.91 Å². The topological polar surface area (TPSA) is 128 Å². The van der Waals surface area contributed by atoms with Crippen molar-refractivity contribution in [1.29, 1.82) is 5.26 Å². The number of fused-ring (bicyclic) bond motifs is 1. The van der Waals surface area contributed by atoms with Gasteiger partial charge in [0, 0.05) is 37.3 Å². The molecule has 10 nitrogen and oxygen atoms in total. The third-order valence-corrected chi connectivity index (χ3v) is 5.33. The first-order valence-electron chi connectivity index (χ1n) is 9.50. The lowest BCUT2D eigenvalue weighted by Gasteiger charge is -2.33. The summed E-state index contributed by atoms with van der Waals surface area (Å²) in [5, 5.41) is 20.2. The molecule has 0 spiro atoms. The van der Waals surface area contributed by atoms with E-state index in [0.717, 1.165) is 0 Å². The highest BCUT2D eigenvalue weighted by Crippen LogP contribution is 2.25. The predicted molar refractivity (Wildman–Crippen MR) is 111 cm³/mol. The highest BCUT2D eigenvalue weighted by atomic mass is 35.5. The van der Waals surface area contributed by atoms with E-state index in [1.54, 1.807) is 35.2 Å². The van der Waals surface area contributed by atoms with Crippen molar-refractivity contribution in [2.45, 2.75) is 0 Å². The maximum atomic E-state index is 13.0. The average molecular weight is 435 g/mol. The molecule has 1 amide bonds. The molecule has 0 radical (unpaired) electrons. The number of hydrogen-bond acceptors (Lipinski definition) is 8. The Morgan fingerprint density at radius 2 is 2.00 bits per heavy atom. The van der Waals surface area contributed by atoms with Gasteiger partial charge in [-0.1, -0.05) is 17.7 Å². The minimum absolute atomic E-state index is 0.131. The molecule has 5 rings (SSSR count). The molecule has 0 saturated carbocycles. The summed E-state index contributed by atoms with van der Waals surface area (Å²) in [6.07, 6.45) is 1.53. The second kappa shape index (κ2) is 7.70. The van der Waals surface area contributed by atoms with Gasteiger partial charge in [0.2, 0.25) is 5.65 Å². The Balaban J connectivity index is 1.30. The molecule has 0 aliphatic carbocycles. The van der Waals surface area contributed by atoms with E-state index in [1.807, 2.05) is 4.90 Å². The number of nitrogens with zero attached hydrogens (tertiary/aromatic N) is 7. The van der Waals surface area contributed by atoms with Gasteiger partial charge in [-0.2, -0.15) is 25.7 Å². The van der Waals surface area contributed by atoms with Crippen molar-refractivity contribution in [2.75, 3.05) is 31.1 Å². The first-order valence-corrected chi connectivity index (χ1v) is 9.88. The average Bonchev–Trinajstić information content (AvgIpc) is 3.48. The lowest BCUT2D eigenvalue weighted by atomic mass is 10.0. The minimum Gasteiger partial charge on any atom is -0.422 e.